The van der Waals surface area contributed by atoms with Crippen molar-refractivity contribution in [2.45, 2.75) is 6.10 Å². The van der Waals surface area contributed by atoms with E-state index in [1.165, 1.54) is 0 Å². The van der Waals surface area contributed by atoms with Crippen molar-refractivity contribution in [3.05, 3.63) is 35.9 Å². The van der Waals surface area contributed by atoms with Crippen LogP contribution in [0.25, 0.3) is 0 Å². The third kappa shape index (κ3) is 4.86. The SMILES string of the molecule is CN(C)CC(CN(C)C)C(O)c1ccccc1. The van der Waals surface area contributed by atoms with Gasteiger partial charge in [-0.15, -0.1) is 0 Å². The Balaban J connectivity index is 2.75. The molecule has 0 heterocycles. The Kier molecular flexibility index (Phi) is 5.62. The van der Waals surface area contributed by atoms with E-state index in [1.54, 1.807) is 0 Å². The van der Waals surface area contributed by atoms with Gasteiger partial charge in [0.05, 0.1) is 6.10 Å². The van der Waals surface area contributed by atoms with Gasteiger partial charge in [-0.05, 0) is 33.8 Å². The lowest BCUT2D eigenvalue weighted by atomic mass is 9.95. The highest BCUT2D eigenvalue weighted by molar-refractivity contribution is 5.18. The molecular weight excluding hydrogens is 212 g/mol. The number of rotatable bonds is 6. The van der Waals surface area contributed by atoms with Crippen molar-refractivity contribution in [2.75, 3.05) is 41.3 Å². The first-order valence-electron chi connectivity index (χ1n) is 6.03. The Hall–Kier alpha value is -0.900. The normalized spacial score (nSPS) is 13.6. The van der Waals surface area contributed by atoms with E-state index in [2.05, 4.69) is 9.80 Å². The van der Waals surface area contributed by atoms with E-state index in [1.807, 2.05) is 58.5 Å². The predicted molar refractivity (Wildman–Crippen MR) is 72.0 cm³/mol. The van der Waals surface area contributed by atoms with Crippen molar-refractivity contribution in [1.82, 2.24) is 9.80 Å². The van der Waals surface area contributed by atoms with E-state index >= 15 is 0 Å². The van der Waals surface area contributed by atoms with Crippen LogP contribution in [-0.4, -0.2) is 56.2 Å². The monoisotopic (exact) mass is 236 g/mol. The van der Waals surface area contributed by atoms with Crippen LogP contribution < -0.4 is 0 Å². The molecule has 0 radical (unpaired) electrons. The molecule has 0 spiro atoms. The van der Waals surface area contributed by atoms with Crippen LogP contribution in [0.4, 0.5) is 0 Å². The fourth-order valence-corrected chi connectivity index (χ4v) is 2.12. The molecule has 0 saturated heterocycles. The van der Waals surface area contributed by atoms with E-state index < -0.39 is 6.10 Å². The summed E-state index contributed by atoms with van der Waals surface area (Å²) in [6.07, 6.45) is -0.402. The van der Waals surface area contributed by atoms with Crippen molar-refractivity contribution in [2.24, 2.45) is 5.92 Å². The van der Waals surface area contributed by atoms with Crippen LogP contribution in [0.15, 0.2) is 30.3 Å². The zero-order valence-electron chi connectivity index (χ0n) is 11.3. The van der Waals surface area contributed by atoms with Gasteiger partial charge in [0.15, 0.2) is 0 Å². The largest absolute Gasteiger partial charge is 0.388 e. The minimum atomic E-state index is -0.402. The average molecular weight is 236 g/mol. The minimum absolute atomic E-state index is 0.224. The van der Waals surface area contributed by atoms with Crippen LogP contribution >= 0.6 is 0 Å². The first-order valence-corrected chi connectivity index (χ1v) is 6.03. The zero-order chi connectivity index (χ0) is 12.8. The lowest BCUT2D eigenvalue weighted by Crippen LogP contribution is -2.34. The van der Waals surface area contributed by atoms with Crippen LogP contribution in [0.5, 0.6) is 0 Å². The summed E-state index contributed by atoms with van der Waals surface area (Å²) < 4.78 is 0. The summed E-state index contributed by atoms with van der Waals surface area (Å²) in [7, 11) is 8.17. The van der Waals surface area contributed by atoms with Crippen LogP contribution in [0.1, 0.15) is 11.7 Å². The maximum atomic E-state index is 10.4. The quantitative estimate of drug-likeness (QED) is 0.810. The summed E-state index contributed by atoms with van der Waals surface area (Å²) in [5.41, 5.74) is 1.00. The zero-order valence-corrected chi connectivity index (χ0v) is 11.3. The number of nitrogens with zero attached hydrogens (tertiary/aromatic N) is 2. The molecule has 0 aromatic heterocycles. The fraction of sp³-hybridized carbons (Fsp3) is 0.571. The van der Waals surface area contributed by atoms with E-state index in [-0.39, 0.29) is 5.92 Å². The molecule has 1 aromatic carbocycles. The Morgan fingerprint density at radius 1 is 0.941 bits per heavy atom. The van der Waals surface area contributed by atoms with E-state index in [0.29, 0.717) is 0 Å². The van der Waals surface area contributed by atoms with Gasteiger partial charge in [0.2, 0.25) is 0 Å². The Morgan fingerprint density at radius 3 is 1.82 bits per heavy atom. The van der Waals surface area contributed by atoms with Gasteiger partial charge < -0.3 is 14.9 Å². The molecule has 1 aromatic rings. The van der Waals surface area contributed by atoms with Gasteiger partial charge >= 0.3 is 0 Å². The minimum Gasteiger partial charge on any atom is -0.388 e. The third-order valence-corrected chi connectivity index (χ3v) is 2.79. The van der Waals surface area contributed by atoms with Crippen molar-refractivity contribution < 1.29 is 5.11 Å². The highest BCUT2D eigenvalue weighted by Gasteiger charge is 2.22. The summed E-state index contributed by atoms with van der Waals surface area (Å²) in [4.78, 5) is 4.25. The number of benzene rings is 1. The molecular formula is C14H24N2O. The van der Waals surface area contributed by atoms with Crippen molar-refractivity contribution in [3.8, 4) is 0 Å². The average Bonchev–Trinajstić information content (AvgIpc) is 2.27. The molecule has 0 amide bonds. The lowest BCUT2D eigenvalue weighted by molar-refractivity contribution is 0.0735. The van der Waals surface area contributed by atoms with Gasteiger partial charge in [-0.1, -0.05) is 30.3 Å². The summed E-state index contributed by atoms with van der Waals surface area (Å²) >= 11 is 0. The molecule has 3 heteroatoms. The summed E-state index contributed by atoms with van der Waals surface area (Å²) in [6, 6.07) is 9.90. The van der Waals surface area contributed by atoms with E-state index in [4.69, 9.17) is 0 Å². The number of aliphatic hydroxyl groups excluding tert-OH is 1. The first kappa shape index (κ1) is 14.2. The molecule has 0 aliphatic carbocycles. The maximum Gasteiger partial charge on any atom is 0.0842 e. The van der Waals surface area contributed by atoms with E-state index in [0.717, 1.165) is 18.7 Å². The van der Waals surface area contributed by atoms with Crippen LogP contribution in [0, 0.1) is 5.92 Å². The topological polar surface area (TPSA) is 26.7 Å². The molecule has 96 valence electrons. The molecule has 0 aliphatic heterocycles. The van der Waals surface area contributed by atoms with Gasteiger partial charge in [-0.2, -0.15) is 0 Å². The van der Waals surface area contributed by atoms with Crippen LogP contribution in [0.3, 0.4) is 0 Å². The molecule has 0 saturated carbocycles. The van der Waals surface area contributed by atoms with Gasteiger partial charge in [0, 0.05) is 19.0 Å². The molecule has 1 rings (SSSR count). The molecule has 0 bridgehead atoms. The van der Waals surface area contributed by atoms with Crippen LogP contribution in [-0.2, 0) is 0 Å². The summed E-state index contributed by atoms with van der Waals surface area (Å²) in [6.45, 7) is 1.77. The number of hydrogen-bond donors (Lipinski definition) is 1. The smallest absolute Gasteiger partial charge is 0.0842 e. The van der Waals surface area contributed by atoms with Crippen LogP contribution in [0.2, 0.25) is 0 Å². The summed E-state index contributed by atoms with van der Waals surface area (Å²) in [5, 5.41) is 10.4. The molecule has 1 atom stereocenters. The first-order chi connectivity index (χ1) is 8.00. The molecule has 1 N–H and O–H groups in total. The molecule has 3 nitrogen and oxygen atoms in total. The molecule has 0 aliphatic rings. The second-order valence-corrected chi connectivity index (χ2v) is 5.14. The van der Waals surface area contributed by atoms with E-state index in [9.17, 15) is 5.11 Å². The predicted octanol–water partition coefficient (Wildman–Crippen LogP) is 1.46. The maximum absolute atomic E-state index is 10.4. The van der Waals surface area contributed by atoms with Crippen molar-refractivity contribution in [3.63, 3.8) is 0 Å². The van der Waals surface area contributed by atoms with Gasteiger partial charge in [0.1, 0.15) is 0 Å². The van der Waals surface area contributed by atoms with Crippen molar-refractivity contribution in [1.29, 1.82) is 0 Å². The van der Waals surface area contributed by atoms with Gasteiger partial charge in [-0.25, -0.2) is 0 Å². The fourth-order valence-electron chi connectivity index (χ4n) is 2.12. The van der Waals surface area contributed by atoms with Gasteiger partial charge in [-0.3, -0.25) is 0 Å². The highest BCUT2D eigenvalue weighted by atomic mass is 16.3. The third-order valence-electron chi connectivity index (χ3n) is 2.79. The summed E-state index contributed by atoms with van der Waals surface area (Å²) in [5.74, 6) is 0.224. The molecule has 1 unspecified atom stereocenters. The molecule has 0 fully saturated rings. The number of aliphatic hydroxyl groups is 1. The number of hydrogen-bond acceptors (Lipinski definition) is 3. The van der Waals surface area contributed by atoms with Gasteiger partial charge in [0.25, 0.3) is 0 Å². The highest BCUT2D eigenvalue weighted by Crippen LogP contribution is 2.22. The van der Waals surface area contributed by atoms with Crippen molar-refractivity contribution >= 4 is 0 Å². The Labute approximate surface area is 105 Å². The molecule has 17 heavy (non-hydrogen) atoms. The standard InChI is InChI=1S/C14H24N2O/c1-15(2)10-13(11-16(3)4)14(17)12-8-6-5-7-9-12/h5-9,13-14,17H,10-11H2,1-4H3. The Bertz CT molecular complexity index is 301. The second kappa shape index (κ2) is 6.74. The lowest BCUT2D eigenvalue weighted by Gasteiger charge is -2.28. The Morgan fingerprint density at radius 2 is 1.41 bits per heavy atom. The second-order valence-electron chi connectivity index (χ2n) is 5.14.